The van der Waals surface area contributed by atoms with E-state index >= 15 is 0 Å². The zero-order chi connectivity index (χ0) is 17.3. The molecule has 0 aliphatic heterocycles. The third-order valence-electron chi connectivity index (χ3n) is 3.92. The number of anilines is 1. The minimum Gasteiger partial charge on any atom is -0.496 e. The Morgan fingerprint density at radius 3 is 2.67 bits per heavy atom. The first-order valence-corrected chi connectivity index (χ1v) is 7.48. The molecule has 3 aromatic rings. The molecule has 6 heteroatoms. The highest BCUT2D eigenvalue weighted by atomic mass is 16.5. The number of ether oxygens (including phenoxy) is 1. The molecule has 0 spiro atoms. The topological polar surface area (TPSA) is 90.1 Å². The lowest BCUT2D eigenvalue weighted by Crippen LogP contribution is -2.21. The van der Waals surface area contributed by atoms with Gasteiger partial charge in [0.15, 0.2) is 5.69 Å². The lowest BCUT2D eigenvalue weighted by atomic mass is 9.99. The van der Waals surface area contributed by atoms with Gasteiger partial charge in [0.25, 0.3) is 5.91 Å². The summed E-state index contributed by atoms with van der Waals surface area (Å²) in [5.41, 5.74) is 10.1. The Hall–Kier alpha value is -3.15. The number of nitrogens with zero attached hydrogens (tertiary/aromatic N) is 2. The van der Waals surface area contributed by atoms with E-state index in [9.17, 15) is 4.79 Å². The minimum absolute atomic E-state index is 0.123. The van der Waals surface area contributed by atoms with Gasteiger partial charge in [-0.05, 0) is 19.1 Å². The van der Waals surface area contributed by atoms with Crippen LogP contribution in [0.15, 0.2) is 36.4 Å². The van der Waals surface area contributed by atoms with Gasteiger partial charge in [0.1, 0.15) is 11.3 Å². The van der Waals surface area contributed by atoms with Crippen LogP contribution < -0.4 is 15.8 Å². The zero-order valence-corrected chi connectivity index (χ0v) is 13.8. The lowest BCUT2D eigenvalue weighted by Gasteiger charge is -2.13. The number of nitrogen functional groups attached to an aromatic ring is 1. The summed E-state index contributed by atoms with van der Waals surface area (Å²) in [5, 5.41) is 11.5. The first-order chi connectivity index (χ1) is 11.6. The molecule has 0 saturated carbocycles. The molecule has 0 aliphatic carbocycles. The Labute approximate surface area is 139 Å². The summed E-state index contributed by atoms with van der Waals surface area (Å²) in [7, 11) is 3.16. The summed E-state index contributed by atoms with van der Waals surface area (Å²) in [4.78, 5) is 11.9. The van der Waals surface area contributed by atoms with Crippen molar-refractivity contribution in [2.24, 2.45) is 0 Å². The van der Waals surface area contributed by atoms with Crippen molar-refractivity contribution >= 4 is 22.5 Å². The van der Waals surface area contributed by atoms with E-state index in [2.05, 4.69) is 15.5 Å². The summed E-state index contributed by atoms with van der Waals surface area (Å²) < 4.78 is 5.47. The van der Waals surface area contributed by atoms with Gasteiger partial charge in [-0.2, -0.15) is 0 Å². The van der Waals surface area contributed by atoms with Crippen LogP contribution in [0.3, 0.4) is 0 Å². The Morgan fingerprint density at radius 1 is 1.17 bits per heavy atom. The number of benzene rings is 2. The van der Waals surface area contributed by atoms with Crippen LogP contribution in [0.4, 0.5) is 5.69 Å². The molecule has 3 rings (SSSR count). The Morgan fingerprint density at radius 2 is 1.96 bits per heavy atom. The summed E-state index contributed by atoms with van der Waals surface area (Å²) in [6.45, 7) is 2.01. The summed E-state index contributed by atoms with van der Waals surface area (Å²) in [6.07, 6.45) is 0. The van der Waals surface area contributed by atoms with E-state index in [1.807, 2.05) is 43.3 Å². The van der Waals surface area contributed by atoms with Crippen molar-refractivity contribution in [1.82, 2.24) is 15.5 Å². The number of aryl methyl sites for hydroxylation is 1. The van der Waals surface area contributed by atoms with Crippen LogP contribution in [-0.2, 0) is 0 Å². The van der Waals surface area contributed by atoms with Gasteiger partial charge >= 0.3 is 0 Å². The third-order valence-corrected chi connectivity index (χ3v) is 3.92. The maximum Gasteiger partial charge on any atom is 0.273 e. The van der Waals surface area contributed by atoms with Gasteiger partial charge in [-0.3, -0.25) is 4.79 Å². The number of aromatic nitrogens is 2. The largest absolute Gasteiger partial charge is 0.496 e. The van der Waals surface area contributed by atoms with Gasteiger partial charge < -0.3 is 15.8 Å². The molecule has 0 aliphatic rings. The van der Waals surface area contributed by atoms with Crippen LogP contribution in [0.1, 0.15) is 16.1 Å². The van der Waals surface area contributed by atoms with Crippen molar-refractivity contribution in [3.8, 4) is 16.9 Å². The number of hydrogen-bond acceptors (Lipinski definition) is 5. The van der Waals surface area contributed by atoms with Crippen LogP contribution in [0.25, 0.3) is 22.0 Å². The molecule has 2 aromatic carbocycles. The van der Waals surface area contributed by atoms with Crippen LogP contribution in [-0.4, -0.2) is 30.3 Å². The number of fused-ring (bicyclic) bond motifs is 1. The van der Waals surface area contributed by atoms with Gasteiger partial charge in [-0.15, -0.1) is 10.2 Å². The molecule has 0 bridgehead atoms. The molecule has 6 nitrogen and oxygen atoms in total. The smallest absolute Gasteiger partial charge is 0.273 e. The van der Waals surface area contributed by atoms with Crippen molar-refractivity contribution in [1.29, 1.82) is 0 Å². The van der Waals surface area contributed by atoms with Crippen molar-refractivity contribution in [3.05, 3.63) is 47.7 Å². The number of carbonyl (C=O) groups excluding carboxylic acids is 1. The molecule has 0 atom stereocenters. The van der Waals surface area contributed by atoms with E-state index in [1.165, 1.54) is 7.05 Å². The maximum atomic E-state index is 11.9. The molecule has 24 heavy (non-hydrogen) atoms. The highest BCUT2D eigenvalue weighted by Crippen LogP contribution is 2.36. The van der Waals surface area contributed by atoms with Crippen LogP contribution >= 0.6 is 0 Å². The molecular weight excluding hydrogens is 304 g/mol. The molecule has 1 heterocycles. The average molecular weight is 322 g/mol. The van der Waals surface area contributed by atoms with Crippen molar-refractivity contribution < 1.29 is 9.53 Å². The van der Waals surface area contributed by atoms with Crippen molar-refractivity contribution in [2.75, 3.05) is 19.9 Å². The number of methoxy groups -OCH3 is 1. The van der Waals surface area contributed by atoms with Crippen LogP contribution in [0.5, 0.6) is 5.75 Å². The molecular formula is C18H18N4O2. The van der Waals surface area contributed by atoms with E-state index < -0.39 is 0 Å². The van der Waals surface area contributed by atoms with E-state index in [-0.39, 0.29) is 11.6 Å². The van der Waals surface area contributed by atoms with Crippen molar-refractivity contribution in [2.45, 2.75) is 6.92 Å². The highest BCUT2D eigenvalue weighted by Gasteiger charge is 2.17. The molecule has 122 valence electrons. The minimum atomic E-state index is -0.361. The monoisotopic (exact) mass is 322 g/mol. The maximum absolute atomic E-state index is 11.9. The molecule has 0 unspecified atom stereocenters. The number of carbonyl (C=O) groups is 1. The second-order valence-electron chi connectivity index (χ2n) is 5.45. The first-order valence-electron chi connectivity index (χ1n) is 7.48. The van der Waals surface area contributed by atoms with E-state index in [0.717, 1.165) is 22.4 Å². The molecule has 1 aromatic heterocycles. The number of nitrogens with two attached hydrogens (primary N) is 1. The normalized spacial score (nSPS) is 10.6. The fourth-order valence-corrected chi connectivity index (χ4v) is 2.69. The molecule has 3 N–H and O–H groups in total. The fourth-order valence-electron chi connectivity index (χ4n) is 2.69. The summed E-state index contributed by atoms with van der Waals surface area (Å²) >= 11 is 0. The number of nitrogens with one attached hydrogen (secondary N) is 1. The number of hydrogen-bond donors (Lipinski definition) is 2. The highest BCUT2D eigenvalue weighted by molar-refractivity contribution is 6.07. The van der Waals surface area contributed by atoms with E-state index in [4.69, 9.17) is 10.5 Å². The molecule has 0 saturated heterocycles. The lowest BCUT2D eigenvalue weighted by molar-refractivity contribution is 0.0958. The predicted molar refractivity (Wildman–Crippen MR) is 94.1 cm³/mol. The van der Waals surface area contributed by atoms with Gasteiger partial charge in [-0.25, -0.2) is 0 Å². The van der Waals surface area contributed by atoms with Crippen molar-refractivity contribution in [3.63, 3.8) is 0 Å². The Balaban J connectivity index is 2.30. The number of amides is 1. The van der Waals surface area contributed by atoms with Gasteiger partial charge in [0, 0.05) is 23.6 Å². The van der Waals surface area contributed by atoms with Gasteiger partial charge in [0.05, 0.1) is 12.8 Å². The quantitative estimate of drug-likeness (QED) is 0.773. The fraction of sp³-hybridized carbons (Fsp3) is 0.167. The summed E-state index contributed by atoms with van der Waals surface area (Å²) in [5.74, 6) is 0.379. The Kier molecular flexibility index (Phi) is 4.04. The van der Waals surface area contributed by atoms with Gasteiger partial charge in [0.2, 0.25) is 0 Å². The Bertz CT molecular complexity index is 938. The third kappa shape index (κ3) is 2.52. The second-order valence-corrected chi connectivity index (χ2v) is 5.45. The van der Waals surface area contributed by atoms with Crippen LogP contribution in [0, 0.1) is 6.92 Å². The SMILES string of the molecule is CNC(=O)c1nnc2c(-c3cc(C)ccc3OC)cccc2c1N. The van der Waals surface area contributed by atoms with Crippen LogP contribution in [0.2, 0.25) is 0 Å². The summed E-state index contributed by atoms with van der Waals surface area (Å²) in [6, 6.07) is 11.6. The van der Waals surface area contributed by atoms with E-state index in [0.29, 0.717) is 16.6 Å². The predicted octanol–water partition coefficient (Wildman–Crippen LogP) is 2.56. The number of rotatable bonds is 3. The first kappa shape index (κ1) is 15.7. The zero-order valence-electron chi connectivity index (χ0n) is 13.8. The van der Waals surface area contributed by atoms with E-state index in [1.54, 1.807) is 7.11 Å². The van der Waals surface area contributed by atoms with Gasteiger partial charge in [-0.1, -0.05) is 29.8 Å². The molecule has 0 radical (unpaired) electrons. The average Bonchev–Trinajstić information content (AvgIpc) is 2.61. The molecule has 1 amide bonds. The standard InChI is InChI=1S/C18H18N4O2/c1-10-7-8-14(24-3)13(9-10)11-5-4-6-12-15(19)17(18(23)20-2)22-21-16(11)12/h4-9H,1-3H3,(H2,19,21)(H,20,23). The second kappa shape index (κ2) is 6.16. The molecule has 0 fully saturated rings.